The fourth-order valence-electron chi connectivity index (χ4n) is 5.63. The van der Waals surface area contributed by atoms with E-state index in [0.717, 1.165) is 22.3 Å². The third-order valence-electron chi connectivity index (χ3n) is 7.98. The van der Waals surface area contributed by atoms with E-state index in [4.69, 9.17) is 46.9 Å². The van der Waals surface area contributed by atoms with Gasteiger partial charge in [0.2, 0.25) is 5.79 Å². The van der Waals surface area contributed by atoms with Gasteiger partial charge in [-0.15, -0.1) is 0 Å². The van der Waals surface area contributed by atoms with Crippen molar-refractivity contribution >= 4 is 23.2 Å². The van der Waals surface area contributed by atoms with Crippen molar-refractivity contribution in [1.29, 1.82) is 0 Å². The predicted molar refractivity (Wildman–Crippen MR) is 182 cm³/mol. The molecule has 5 atom stereocenters. The highest BCUT2D eigenvalue weighted by Gasteiger charge is 2.59. The Morgan fingerprint density at radius 3 is 1.58 bits per heavy atom. The molecule has 1 aliphatic heterocycles. The highest BCUT2D eigenvalue weighted by atomic mass is 35.5. The molecule has 0 spiro atoms. The largest absolute Gasteiger partial charge is 0.374 e. The van der Waals surface area contributed by atoms with Gasteiger partial charge in [0, 0.05) is 0 Å². The quantitative estimate of drug-likeness (QED) is 0.130. The number of aromatic nitrogens is 2. The number of nitrogens with zero attached hydrogens (tertiary/aromatic N) is 2. The minimum absolute atomic E-state index is 0.0475. The SMILES string of the molecule is OC1(c2ncc(Cl)nc2Cl)O[C@H](COCc2ccccc2)[C@@H](OCc2ccccc2)[C@H](OCc2ccccc2)[C@H]1OCc1ccccc1. The van der Waals surface area contributed by atoms with E-state index in [1.165, 1.54) is 6.20 Å². The van der Waals surface area contributed by atoms with Gasteiger partial charge in [0.1, 0.15) is 35.3 Å². The van der Waals surface area contributed by atoms with Gasteiger partial charge in [-0.2, -0.15) is 0 Å². The van der Waals surface area contributed by atoms with Crippen LogP contribution in [-0.2, 0) is 55.9 Å². The van der Waals surface area contributed by atoms with Crippen molar-refractivity contribution in [2.24, 2.45) is 0 Å². The van der Waals surface area contributed by atoms with Crippen molar-refractivity contribution in [3.05, 3.63) is 166 Å². The van der Waals surface area contributed by atoms with Crippen LogP contribution in [0.3, 0.4) is 0 Å². The summed E-state index contributed by atoms with van der Waals surface area (Å²) in [6.07, 6.45) is -2.38. The highest BCUT2D eigenvalue weighted by molar-refractivity contribution is 6.32. The zero-order chi connectivity index (χ0) is 33.2. The van der Waals surface area contributed by atoms with E-state index >= 15 is 0 Å². The van der Waals surface area contributed by atoms with Crippen LogP contribution >= 0.6 is 23.2 Å². The predicted octanol–water partition coefficient (Wildman–Crippen LogP) is 7.30. The lowest BCUT2D eigenvalue weighted by molar-refractivity contribution is -0.380. The van der Waals surface area contributed by atoms with E-state index < -0.39 is 30.2 Å². The van der Waals surface area contributed by atoms with Crippen molar-refractivity contribution < 1.29 is 28.8 Å². The molecule has 248 valence electrons. The third kappa shape index (κ3) is 8.66. The molecule has 10 heteroatoms. The van der Waals surface area contributed by atoms with Crippen LogP contribution in [-0.4, -0.2) is 46.1 Å². The smallest absolute Gasteiger partial charge is 0.243 e. The van der Waals surface area contributed by atoms with Crippen LogP contribution in [0.15, 0.2) is 128 Å². The normalized spacial score (nSPS) is 22.4. The van der Waals surface area contributed by atoms with Gasteiger partial charge in [0.25, 0.3) is 0 Å². The monoisotopic (exact) mass is 686 g/mol. The molecular weight excluding hydrogens is 651 g/mol. The average molecular weight is 688 g/mol. The topological polar surface area (TPSA) is 92.2 Å². The zero-order valence-corrected chi connectivity index (χ0v) is 27.6. The molecule has 5 aromatic rings. The van der Waals surface area contributed by atoms with E-state index in [-0.39, 0.29) is 42.4 Å². The molecule has 0 saturated carbocycles. The highest BCUT2D eigenvalue weighted by Crippen LogP contribution is 2.42. The number of aliphatic hydroxyl groups is 1. The molecule has 8 nitrogen and oxygen atoms in total. The Morgan fingerprint density at radius 1 is 0.625 bits per heavy atom. The van der Waals surface area contributed by atoms with E-state index in [1.807, 2.05) is 121 Å². The molecule has 1 fully saturated rings. The van der Waals surface area contributed by atoms with Gasteiger partial charge >= 0.3 is 0 Å². The van der Waals surface area contributed by atoms with Crippen LogP contribution in [0.25, 0.3) is 0 Å². The van der Waals surface area contributed by atoms with Crippen LogP contribution in [0, 0.1) is 0 Å². The Labute approximate surface area is 290 Å². The van der Waals surface area contributed by atoms with Crippen LogP contribution in [0.5, 0.6) is 0 Å². The molecule has 0 aliphatic carbocycles. The van der Waals surface area contributed by atoms with E-state index in [9.17, 15) is 5.11 Å². The molecule has 6 rings (SSSR count). The lowest BCUT2D eigenvalue weighted by Gasteiger charge is -2.50. The lowest BCUT2D eigenvalue weighted by atomic mass is 9.89. The molecule has 0 bridgehead atoms. The Kier molecular flexibility index (Phi) is 11.8. The van der Waals surface area contributed by atoms with Crippen LogP contribution in [0.2, 0.25) is 10.3 Å². The molecule has 2 heterocycles. The molecule has 1 aliphatic rings. The van der Waals surface area contributed by atoms with Crippen molar-refractivity contribution in [3.63, 3.8) is 0 Å². The standard InChI is InChI=1S/C38H36Cl2N2O6/c39-32-21-41-35(37(40)42-32)38(43)36(47-25-30-19-11-4-12-20-30)34(46-24-29-17-9-3-10-18-29)33(45-23-28-15-7-2-8-16-28)31(48-38)26-44-22-27-13-5-1-6-14-27/h1-21,31,33-34,36,43H,22-26H2/t31-,33-,34+,36-,38?/m1/s1. The Morgan fingerprint density at radius 2 is 1.08 bits per heavy atom. The molecule has 48 heavy (non-hydrogen) atoms. The molecule has 0 radical (unpaired) electrons. The molecule has 4 aromatic carbocycles. The van der Waals surface area contributed by atoms with Crippen molar-refractivity contribution in [3.8, 4) is 0 Å². The molecule has 1 unspecified atom stereocenters. The summed E-state index contributed by atoms with van der Waals surface area (Å²) < 4.78 is 32.6. The van der Waals surface area contributed by atoms with Gasteiger partial charge in [-0.1, -0.05) is 145 Å². The average Bonchev–Trinajstić information content (AvgIpc) is 3.11. The van der Waals surface area contributed by atoms with Crippen molar-refractivity contribution in [2.75, 3.05) is 6.61 Å². The second-order valence-electron chi connectivity index (χ2n) is 11.4. The minimum Gasteiger partial charge on any atom is -0.374 e. The second kappa shape index (κ2) is 16.6. The van der Waals surface area contributed by atoms with Gasteiger partial charge in [0.15, 0.2) is 5.15 Å². The number of ether oxygens (including phenoxy) is 5. The van der Waals surface area contributed by atoms with Gasteiger partial charge in [0.05, 0.1) is 39.2 Å². The molecule has 1 saturated heterocycles. The first-order valence-corrected chi connectivity index (χ1v) is 16.4. The maximum Gasteiger partial charge on any atom is 0.243 e. The summed E-state index contributed by atoms with van der Waals surface area (Å²) in [6, 6.07) is 39.0. The van der Waals surface area contributed by atoms with Gasteiger partial charge in [-0.05, 0) is 22.3 Å². The van der Waals surface area contributed by atoms with Crippen molar-refractivity contribution in [1.82, 2.24) is 9.97 Å². The maximum atomic E-state index is 12.6. The number of benzene rings is 4. The summed E-state index contributed by atoms with van der Waals surface area (Å²) in [7, 11) is 0. The maximum absolute atomic E-state index is 12.6. The van der Waals surface area contributed by atoms with Crippen LogP contribution in [0.4, 0.5) is 0 Å². The number of rotatable bonds is 14. The van der Waals surface area contributed by atoms with Crippen LogP contribution < -0.4 is 0 Å². The number of hydrogen-bond donors (Lipinski definition) is 1. The van der Waals surface area contributed by atoms with Gasteiger partial charge < -0.3 is 28.8 Å². The fraction of sp³-hybridized carbons (Fsp3) is 0.263. The second-order valence-corrected chi connectivity index (χ2v) is 12.2. The first-order valence-electron chi connectivity index (χ1n) is 15.7. The Hall–Kier alpha value is -3.70. The number of halogens is 2. The summed E-state index contributed by atoms with van der Waals surface area (Å²) in [5, 5.41) is 12.6. The summed E-state index contributed by atoms with van der Waals surface area (Å²) in [5.74, 6) is -2.24. The summed E-state index contributed by atoms with van der Waals surface area (Å²) in [5.41, 5.74) is 3.69. The summed E-state index contributed by atoms with van der Waals surface area (Å²) in [6.45, 7) is 0.944. The first kappa shape index (κ1) is 34.2. The molecular formula is C38H36Cl2N2O6. The summed E-state index contributed by atoms with van der Waals surface area (Å²) >= 11 is 12.7. The Bertz CT molecular complexity index is 1700. The van der Waals surface area contributed by atoms with Crippen molar-refractivity contribution in [2.45, 2.75) is 56.6 Å². The van der Waals surface area contributed by atoms with Gasteiger partial charge in [-0.25, -0.2) is 9.97 Å². The fourth-order valence-corrected chi connectivity index (χ4v) is 6.08. The third-order valence-corrected chi connectivity index (χ3v) is 8.43. The lowest BCUT2D eigenvalue weighted by Crippen LogP contribution is -2.66. The van der Waals surface area contributed by atoms with E-state index in [2.05, 4.69) is 9.97 Å². The zero-order valence-electron chi connectivity index (χ0n) is 26.1. The van der Waals surface area contributed by atoms with Crippen LogP contribution in [0.1, 0.15) is 27.9 Å². The Balaban J connectivity index is 1.39. The first-order chi connectivity index (χ1) is 23.5. The molecule has 1 N–H and O–H groups in total. The van der Waals surface area contributed by atoms with E-state index in [0.29, 0.717) is 6.61 Å². The molecule has 0 amide bonds. The van der Waals surface area contributed by atoms with Gasteiger partial charge in [-0.3, -0.25) is 0 Å². The minimum atomic E-state index is -2.24. The molecule has 1 aromatic heterocycles. The summed E-state index contributed by atoms with van der Waals surface area (Å²) in [4.78, 5) is 8.55. The number of hydrogen-bond acceptors (Lipinski definition) is 8. The van der Waals surface area contributed by atoms with E-state index in [1.54, 1.807) is 0 Å².